The predicted molar refractivity (Wildman–Crippen MR) is 167 cm³/mol. The lowest BCUT2D eigenvalue weighted by molar-refractivity contribution is -0.161. The first-order valence-electron chi connectivity index (χ1n) is 15.5. The number of unbranched alkanes of at least 4 members (excludes halogenated alkanes) is 2. The molecule has 0 amide bonds. The molecule has 1 unspecified atom stereocenters. The van der Waals surface area contributed by atoms with Gasteiger partial charge in [-0.2, -0.15) is 4.73 Å². The molecule has 1 aliphatic heterocycles. The van der Waals surface area contributed by atoms with Crippen LogP contribution in [0.2, 0.25) is 0 Å². The Balaban J connectivity index is 1.29. The molecule has 0 saturated heterocycles. The molecule has 0 N–H and O–H groups in total. The summed E-state index contributed by atoms with van der Waals surface area (Å²) >= 11 is 0. The number of rotatable bonds is 18. The number of fused-ring (bicyclic) bond motifs is 5. The molecule has 238 valence electrons. The van der Waals surface area contributed by atoms with Gasteiger partial charge in [-0.15, -0.1) is 0 Å². The van der Waals surface area contributed by atoms with Crippen LogP contribution in [0.3, 0.4) is 0 Å². The zero-order chi connectivity index (χ0) is 31.7. The highest BCUT2D eigenvalue weighted by atomic mass is 32.2. The molecule has 1 atom stereocenters. The molecular weight excluding hydrogens is 584 g/mol. The average molecular weight is 627 g/mol. The van der Waals surface area contributed by atoms with Crippen LogP contribution in [0, 0.1) is 5.92 Å². The van der Waals surface area contributed by atoms with Crippen molar-refractivity contribution in [2.24, 2.45) is 5.92 Å². The van der Waals surface area contributed by atoms with Crippen LogP contribution >= 0.6 is 0 Å². The maximum Gasteiger partial charge on any atom is 0.442 e. The number of Topliss-reactive ketones (excluding diaryl/α,β-unsaturated/α-hetero) is 1. The summed E-state index contributed by atoms with van der Waals surface area (Å²) in [6.45, 7) is 10.0. The summed E-state index contributed by atoms with van der Waals surface area (Å²) < 4.78 is 38.7. The Morgan fingerprint density at radius 2 is 1.57 bits per heavy atom. The second-order valence-electron chi connectivity index (χ2n) is 11.2. The summed E-state index contributed by atoms with van der Waals surface area (Å²) in [7, 11) is -4.05. The Morgan fingerprint density at radius 1 is 0.909 bits per heavy atom. The van der Waals surface area contributed by atoms with E-state index in [0.717, 1.165) is 30.8 Å². The second-order valence-corrected chi connectivity index (χ2v) is 13.2. The smallest absolute Gasteiger partial charge is 0.442 e. The number of nitrogens with zero attached hydrogens (tertiary/aromatic N) is 2. The quantitative estimate of drug-likeness (QED) is 0.0806. The van der Waals surface area contributed by atoms with Gasteiger partial charge in [-0.3, -0.25) is 4.79 Å². The molecule has 3 aromatic rings. The van der Waals surface area contributed by atoms with E-state index >= 15 is 0 Å². The molecule has 1 aromatic heterocycles. The number of ether oxygens (including phenoxy) is 2. The van der Waals surface area contributed by atoms with Crippen molar-refractivity contribution in [2.45, 2.75) is 70.7 Å². The lowest BCUT2D eigenvalue weighted by atomic mass is 9.95. The highest BCUT2D eigenvalue weighted by molar-refractivity contribution is 7.91. The minimum absolute atomic E-state index is 0.0907. The third kappa shape index (κ3) is 8.06. The molecule has 2 heterocycles. The van der Waals surface area contributed by atoms with Gasteiger partial charge in [0.25, 0.3) is 0 Å². The fourth-order valence-electron chi connectivity index (χ4n) is 5.26. The molecule has 11 heteroatoms. The summed E-state index contributed by atoms with van der Waals surface area (Å²) in [4.78, 5) is 44.6. The van der Waals surface area contributed by atoms with Crippen LogP contribution in [-0.4, -0.2) is 67.8 Å². The lowest BCUT2D eigenvalue weighted by Crippen LogP contribution is -2.29. The molecule has 2 bridgehead atoms. The number of para-hydroxylation sites is 1. The van der Waals surface area contributed by atoms with E-state index in [4.69, 9.17) is 14.3 Å². The molecule has 44 heavy (non-hydrogen) atoms. The van der Waals surface area contributed by atoms with Crippen molar-refractivity contribution in [2.75, 3.05) is 32.0 Å². The van der Waals surface area contributed by atoms with E-state index in [1.807, 2.05) is 0 Å². The molecule has 2 aromatic carbocycles. The van der Waals surface area contributed by atoms with Crippen LogP contribution in [-0.2, 0) is 19.4 Å². The Kier molecular flexibility index (Phi) is 11.6. The summed E-state index contributed by atoms with van der Waals surface area (Å²) in [6.07, 6.45) is 6.20. The zero-order valence-corrected chi connectivity index (χ0v) is 26.6. The molecule has 0 fully saturated rings. The normalized spacial score (nSPS) is 13.9. The monoisotopic (exact) mass is 626 g/mol. The van der Waals surface area contributed by atoms with Crippen molar-refractivity contribution in [1.82, 2.24) is 9.63 Å². The van der Waals surface area contributed by atoms with E-state index in [2.05, 4.69) is 18.7 Å². The minimum Gasteiger partial charge on any atom is -0.494 e. The van der Waals surface area contributed by atoms with E-state index in [0.29, 0.717) is 35.2 Å². The van der Waals surface area contributed by atoms with E-state index in [9.17, 15) is 22.8 Å². The molecule has 10 nitrogen and oxygen atoms in total. The fourth-order valence-corrected chi connectivity index (χ4v) is 6.82. The summed E-state index contributed by atoms with van der Waals surface area (Å²) in [5.74, 6) is -2.97. The molecule has 0 radical (unpaired) electrons. The molecule has 4 rings (SSSR count). The molecule has 0 spiro atoms. The van der Waals surface area contributed by atoms with E-state index < -0.39 is 27.7 Å². The largest absolute Gasteiger partial charge is 0.494 e. The number of esters is 1. The van der Waals surface area contributed by atoms with Gasteiger partial charge in [0, 0.05) is 23.4 Å². The van der Waals surface area contributed by atoms with E-state index in [1.165, 1.54) is 25.7 Å². The summed E-state index contributed by atoms with van der Waals surface area (Å²) in [5, 5.41) is -0.0501. The number of benzene rings is 2. The second kappa shape index (κ2) is 15.3. The summed E-state index contributed by atoms with van der Waals surface area (Å²) in [5.41, 5.74) is 0.823. The van der Waals surface area contributed by atoms with Gasteiger partial charge in [-0.25, -0.2) is 18.0 Å². The highest BCUT2D eigenvalue weighted by Crippen LogP contribution is 2.38. The van der Waals surface area contributed by atoms with Crippen molar-refractivity contribution >= 4 is 38.5 Å². The van der Waals surface area contributed by atoms with Crippen molar-refractivity contribution < 1.29 is 37.1 Å². The minimum atomic E-state index is -4.05. The van der Waals surface area contributed by atoms with Crippen LogP contribution in [0.4, 0.5) is 0 Å². The first-order chi connectivity index (χ1) is 21.2. The first kappa shape index (κ1) is 33.2. The molecule has 0 aliphatic carbocycles. The summed E-state index contributed by atoms with van der Waals surface area (Å²) in [6, 6.07) is 13.5. The van der Waals surface area contributed by atoms with Crippen LogP contribution < -0.4 is 14.3 Å². The van der Waals surface area contributed by atoms with Gasteiger partial charge in [-0.05, 0) is 81.6 Å². The van der Waals surface area contributed by atoms with Crippen LogP contribution in [0.25, 0.3) is 10.9 Å². The Bertz CT molecular complexity index is 1500. The number of aromatic nitrogens is 1. The zero-order valence-electron chi connectivity index (χ0n) is 25.8. The van der Waals surface area contributed by atoms with Gasteiger partial charge >= 0.3 is 11.9 Å². The number of sulfone groups is 1. The van der Waals surface area contributed by atoms with E-state index in [-0.39, 0.29) is 28.7 Å². The topological polar surface area (TPSA) is 121 Å². The standard InChI is InChI=1S/C33H42N2O8S/c1-4-6-19-34(20-7-5-2)21-11-22-41-26-17-15-25(16-18-26)29(36)24(3)12-10-23-44(39,40)31-30-27-13-8-9-14-28(27)35(31)43-33(38)32(37)42-30/h8-9,13-18,24H,4-7,10-12,19-23H2,1-3H3. The SMILES string of the molecule is CCCCN(CCCC)CCCOc1ccc(C(=O)C(C)CCCS(=O)(=O)c2c3c4ccccc4n2OC(=O)C(=O)O3)cc1. The highest BCUT2D eigenvalue weighted by Gasteiger charge is 2.38. The van der Waals surface area contributed by atoms with Crippen LogP contribution in [0.15, 0.2) is 53.6 Å². The van der Waals surface area contributed by atoms with Crippen LogP contribution in [0.5, 0.6) is 11.5 Å². The van der Waals surface area contributed by atoms with Gasteiger partial charge in [0.1, 0.15) is 5.75 Å². The maximum atomic E-state index is 13.4. The first-order valence-corrected chi connectivity index (χ1v) is 17.1. The van der Waals surface area contributed by atoms with Gasteiger partial charge in [0.05, 0.1) is 17.9 Å². The van der Waals surface area contributed by atoms with Crippen molar-refractivity contribution in [1.29, 1.82) is 0 Å². The third-order valence-corrected chi connectivity index (χ3v) is 9.52. The Hall–Kier alpha value is -3.70. The molecule has 0 saturated carbocycles. The number of ketones is 1. The van der Waals surface area contributed by atoms with E-state index in [1.54, 1.807) is 55.5 Å². The van der Waals surface area contributed by atoms with Crippen molar-refractivity contribution in [3.05, 3.63) is 54.1 Å². The Labute approximate surface area is 259 Å². The number of hydrogen-bond donors (Lipinski definition) is 0. The van der Waals surface area contributed by atoms with Gasteiger partial charge < -0.3 is 19.2 Å². The number of carbonyl (C=O) groups is 3. The maximum absolute atomic E-state index is 13.4. The molecule has 1 aliphatic rings. The van der Waals surface area contributed by atoms with Gasteiger partial charge in [0.15, 0.2) is 11.5 Å². The third-order valence-electron chi connectivity index (χ3n) is 7.76. The number of hydrogen-bond acceptors (Lipinski definition) is 9. The number of carbonyl (C=O) groups excluding carboxylic acids is 3. The fraction of sp³-hybridized carbons (Fsp3) is 0.485. The lowest BCUT2D eigenvalue weighted by Gasteiger charge is -2.21. The van der Waals surface area contributed by atoms with Crippen LogP contribution in [0.1, 0.15) is 76.1 Å². The predicted octanol–water partition coefficient (Wildman–Crippen LogP) is 5.26. The molecular formula is C33H42N2O8S. The van der Waals surface area contributed by atoms with Crippen molar-refractivity contribution in [3.63, 3.8) is 0 Å². The van der Waals surface area contributed by atoms with Gasteiger partial charge in [-0.1, -0.05) is 45.7 Å². The van der Waals surface area contributed by atoms with Crippen molar-refractivity contribution in [3.8, 4) is 11.5 Å². The Morgan fingerprint density at radius 3 is 2.25 bits per heavy atom. The average Bonchev–Trinajstić information content (AvgIpc) is 3.25. The van der Waals surface area contributed by atoms with Gasteiger partial charge in [0.2, 0.25) is 14.9 Å².